The van der Waals surface area contributed by atoms with Gasteiger partial charge >= 0.3 is 0 Å². The maximum absolute atomic E-state index is 3.72. The van der Waals surface area contributed by atoms with Crippen LogP contribution in [0.2, 0.25) is 0 Å². The van der Waals surface area contributed by atoms with Gasteiger partial charge in [0.1, 0.15) is 0 Å². The second kappa shape index (κ2) is 10.8. The number of nitrogens with zero attached hydrogens (tertiary/aromatic N) is 1. The predicted octanol–water partition coefficient (Wildman–Crippen LogP) is 4.41. The normalized spacial score (nSPS) is 12.8. The number of nitrogens with one attached hydrogen (secondary N) is 1. The summed E-state index contributed by atoms with van der Waals surface area (Å²) in [5, 5.41) is 3.72. The molecule has 1 N–H and O–H groups in total. The van der Waals surface area contributed by atoms with Crippen LogP contribution in [0, 0.1) is 0 Å². The first-order chi connectivity index (χ1) is 10.2. The van der Waals surface area contributed by atoms with Crippen molar-refractivity contribution >= 4 is 0 Å². The van der Waals surface area contributed by atoms with Gasteiger partial charge < -0.3 is 10.2 Å². The number of likely N-dealkylation sites (N-methyl/N-ethyl adjacent to an activating group) is 1. The minimum atomic E-state index is 0.451. The number of hydrogen-bond donors (Lipinski definition) is 1. The minimum Gasteiger partial charge on any atom is -0.309 e. The van der Waals surface area contributed by atoms with Crippen LogP contribution >= 0.6 is 0 Å². The Kier molecular flexibility index (Phi) is 9.36. The number of hydrogen-bond acceptors (Lipinski definition) is 2. The lowest BCUT2D eigenvalue weighted by atomic mass is 10.0. The molecule has 2 nitrogen and oxygen atoms in total. The molecule has 0 bridgehead atoms. The molecule has 2 heteroatoms. The zero-order valence-corrected chi connectivity index (χ0v) is 14.5. The van der Waals surface area contributed by atoms with E-state index in [-0.39, 0.29) is 0 Å². The van der Waals surface area contributed by atoms with Crippen molar-refractivity contribution in [2.45, 2.75) is 59.4 Å². The van der Waals surface area contributed by atoms with Crippen molar-refractivity contribution in [2.24, 2.45) is 0 Å². The Labute approximate surface area is 131 Å². The van der Waals surface area contributed by atoms with Crippen molar-refractivity contribution in [2.75, 3.05) is 26.2 Å². The van der Waals surface area contributed by atoms with E-state index in [0.29, 0.717) is 6.04 Å². The molecule has 0 aliphatic heterocycles. The summed E-state index contributed by atoms with van der Waals surface area (Å²) in [5.74, 6) is 0. The lowest BCUT2D eigenvalue weighted by Gasteiger charge is -2.27. The Bertz CT molecular complexity index is 358. The van der Waals surface area contributed by atoms with Crippen LogP contribution in [0.5, 0.6) is 0 Å². The third-order valence-corrected chi connectivity index (χ3v) is 3.99. The van der Waals surface area contributed by atoms with Gasteiger partial charge in [-0.2, -0.15) is 0 Å². The number of aryl methyl sites for hydroxylation is 1. The fraction of sp³-hybridized carbons (Fsp3) is 0.684. The molecule has 0 aliphatic carbocycles. The second-order valence-corrected chi connectivity index (χ2v) is 5.89. The molecule has 120 valence electrons. The highest BCUT2D eigenvalue weighted by atomic mass is 15.1. The van der Waals surface area contributed by atoms with Gasteiger partial charge in [0.2, 0.25) is 0 Å². The highest BCUT2D eigenvalue weighted by molar-refractivity contribution is 5.25. The van der Waals surface area contributed by atoms with Crippen LogP contribution in [-0.4, -0.2) is 31.1 Å². The first kappa shape index (κ1) is 18.2. The molecular weight excluding hydrogens is 256 g/mol. The third kappa shape index (κ3) is 6.62. The van der Waals surface area contributed by atoms with E-state index in [1.54, 1.807) is 0 Å². The molecule has 1 unspecified atom stereocenters. The van der Waals surface area contributed by atoms with Crippen molar-refractivity contribution in [3.63, 3.8) is 0 Å². The molecule has 0 saturated heterocycles. The average molecular weight is 290 g/mol. The van der Waals surface area contributed by atoms with Gasteiger partial charge in [-0.05, 0) is 50.0 Å². The SMILES string of the molecule is CCCNC(CN(CC)CCC)c1ccc(CCC)cc1. The Morgan fingerprint density at radius 3 is 2.19 bits per heavy atom. The molecule has 0 saturated carbocycles. The summed E-state index contributed by atoms with van der Waals surface area (Å²) in [6, 6.07) is 9.69. The van der Waals surface area contributed by atoms with E-state index in [2.05, 4.69) is 62.2 Å². The van der Waals surface area contributed by atoms with E-state index >= 15 is 0 Å². The lowest BCUT2D eigenvalue weighted by Crippen LogP contribution is -2.36. The fourth-order valence-corrected chi connectivity index (χ4v) is 2.76. The molecule has 21 heavy (non-hydrogen) atoms. The standard InChI is InChI=1S/C19H34N2/c1-5-9-17-10-12-18(13-11-17)19(20-14-6-2)16-21(8-4)15-7-3/h10-13,19-20H,5-9,14-16H2,1-4H3. The van der Waals surface area contributed by atoms with Gasteiger partial charge in [0.25, 0.3) is 0 Å². The third-order valence-electron chi connectivity index (χ3n) is 3.99. The molecular formula is C19H34N2. The number of rotatable bonds is 11. The minimum absolute atomic E-state index is 0.451. The Morgan fingerprint density at radius 1 is 0.952 bits per heavy atom. The summed E-state index contributed by atoms with van der Waals surface area (Å²) in [7, 11) is 0. The summed E-state index contributed by atoms with van der Waals surface area (Å²) in [4.78, 5) is 2.55. The van der Waals surface area contributed by atoms with Crippen molar-refractivity contribution in [3.8, 4) is 0 Å². The highest BCUT2D eigenvalue weighted by Gasteiger charge is 2.14. The Morgan fingerprint density at radius 2 is 1.67 bits per heavy atom. The van der Waals surface area contributed by atoms with Gasteiger partial charge in [-0.3, -0.25) is 0 Å². The summed E-state index contributed by atoms with van der Waals surface area (Å²) in [6.07, 6.45) is 4.81. The first-order valence-corrected chi connectivity index (χ1v) is 8.79. The first-order valence-electron chi connectivity index (χ1n) is 8.79. The van der Waals surface area contributed by atoms with Crippen molar-refractivity contribution in [1.82, 2.24) is 10.2 Å². The van der Waals surface area contributed by atoms with E-state index in [4.69, 9.17) is 0 Å². The maximum atomic E-state index is 3.72. The molecule has 0 radical (unpaired) electrons. The topological polar surface area (TPSA) is 15.3 Å². The number of benzene rings is 1. The largest absolute Gasteiger partial charge is 0.309 e. The predicted molar refractivity (Wildman–Crippen MR) is 93.9 cm³/mol. The summed E-state index contributed by atoms with van der Waals surface area (Å²) in [6.45, 7) is 13.5. The van der Waals surface area contributed by atoms with Gasteiger partial charge in [0.15, 0.2) is 0 Å². The van der Waals surface area contributed by atoms with E-state index in [1.165, 1.54) is 43.4 Å². The van der Waals surface area contributed by atoms with Crippen molar-refractivity contribution < 1.29 is 0 Å². The van der Waals surface area contributed by atoms with Crippen LogP contribution in [-0.2, 0) is 6.42 Å². The zero-order valence-electron chi connectivity index (χ0n) is 14.5. The van der Waals surface area contributed by atoms with Crippen LogP contribution in [0.25, 0.3) is 0 Å². The molecule has 0 heterocycles. The zero-order chi connectivity index (χ0) is 15.5. The summed E-state index contributed by atoms with van der Waals surface area (Å²) < 4.78 is 0. The molecule has 1 rings (SSSR count). The van der Waals surface area contributed by atoms with Crippen molar-refractivity contribution in [1.29, 1.82) is 0 Å². The van der Waals surface area contributed by atoms with Crippen LogP contribution in [0.3, 0.4) is 0 Å². The van der Waals surface area contributed by atoms with Gasteiger partial charge in [0.05, 0.1) is 0 Å². The lowest BCUT2D eigenvalue weighted by molar-refractivity contribution is 0.254. The monoisotopic (exact) mass is 290 g/mol. The van der Waals surface area contributed by atoms with Gasteiger partial charge in [-0.25, -0.2) is 0 Å². The molecule has 0 fully saturated rings. The maximum Gasteiger partial charge on any atom is 0.0449 e. The molecule has 0 amide bonds. The Hall–Kier alpha value is -0.860. The molecule has 1 aromatic carbocycles. The molecule has 1 aromatic rings. The van der Waals surface area contributed by atoms with E-state index < -0.39 is 0 Å². The molecule has 0 aliphatic rings. The van der Waals surface area contributed by atoms with Crippen LogP contribution < -0.4 is 5.32 Å². The van der Waals surface area contributed by atoms with Gasteiger partial charge in [-0.15, -0.1) is 0 Å². The van der Waals surface area contributed by atoms with Crippen LogP contribution in [0.1, 0.15) is 64.1 Å². The molecule has 0 aromatic heterocycles. The Balaban J connectivity index is 2.74. The average Bonchev–Trinajstić information content (AvgIpc) is 2.51. The van der Waals surface area contributed by atoms with Crippen LogP contribution in [0.15, 0.2) is 24.3 Å². The summed E-state index contributed by atoms with van der Waals surface area (Å²) in [5.41, 5.74) is 2.88. The summed E-state index contributed by atoms with van der Waals surface area (Å²) >= 11 is 0. The van der Waals surface area contributed by atoms with E-state index in [9.17, 15) is 0 Å². The second-order valence-electron chi connectivity index (χ2n) is 5.89. The van der Waals surface area contributed by atoms with E-state index in [0.717, 1.165) is 19.6 Å². The smallest absolute Gasteiger partial charge is 0.0449 e. The van der Waals surface area contributed by atoms with Gasteiger partial charge in [0, 0.05) is 12.6 Å². The quantitative estimate of drug-likeness (QED) is 0.649. The van der Waals surface area contributed by atoms with Crippen molar-refractivity contribution in [3.05, 3.63) is 35.4 Å². The van der Waals surface area contributed by atoms with Gasteiger partial charge in [-0.1, -0.05) is 58.4 Å². The van der Waals surface area contributed by atoms with E-state index in [1.807, 2.05) is 0 Å². The van der Waals surface area contributed by atoms with Crippen LogP contribution in [0.4, 0.5) is 0 Å². The highest BCUT2D eigenvalue weighted by Crippen LogP contribution is 2.17. The fourth-order valence-electron chi connectivity index (χ4n) is 2.76. The molecule has 1 atom stereocenters. The molecule has 0 spiro atoms.